The van der Waals surface area contributed by atoms with Gasteiger partial charge in [0.05, 0.1) is 6.61 Å². The van der Waals surface area contributed by atoms with Crippen molar-refractivity contribution < 1.29 is 9.53 Å². The van der Waals surface area contributed by atoms with Crippen LogP contribution in [0.5, 0.6) is 0 Å². The summed E-state index contributed by atoms with van der Waals surface area (Å²) in [6.45, 7) is 4.05. The topological polar surface area (TPSA) is 56.5 Å². The van der Waals surface area contributed by atoms with Crippen molar-refractivity contribution in [1.29, 1.82) is 0 Å². The van der Waals surface area contributed by atoms with Crippen LogP contribution < -0.4 is 0 Å². The molecule has 0 aromatic carbocycles. The van der Waals surface area contributed by atoms with Gasteiger partial charge in [-0.2, -0.15) is 0 Å². The van der Waals surface area contributed by atoms with Crippen molar-refractivity contribution in [3.05, 3.63) is 23.8 Å². The van der Waals surface area contributed by atoms with Crippen LogP contribution >= 0.6 is 11.8 Å². The Balaban J connectivity index is 2.58. The van der Waals surface area contributed by atoms with Gasteiger partial charge in [0.1, 0.15) is 11.4 Å². The highest BCUT2D eigenvalue weighted by Crippen LogP contribution is 2.18. The van der Waals surface area contributed by atoms with E-state index < -0.39 is 5.97 Å². The van der Waals surface area contributed by atoms with Crippen LogP contribution in [-0.2, 0) is 4.74 Å². The summed E-state index contributed by atoms with van der Waals surface area (Å²) in [5.74, 6) is -0.430. The van der Waals surface area contributed by atoms with Gasteiger partial charge in [-0.15, -0.1) is 11.8 Å². The maximum absolute atomic E-state index is 11.7. The van der Waals surface area contributed by atoms with Crippen molar-refractivity contribution in [1.82, 2.24) is 14.4 Å². The number of rotatable bonds is 3. The van der Waals surface area contributed by atoms with Gasteiger partial charge in [0.15, 0.2) is 11.3 Å². The van der Waals surface area contributed by atoms with Crippen molar-refractivity contribution in [3.8, 4) is 0 Å². The summed E-state index contributed by atoms with van der Waals surface area (Å²) in [6.07, 6.45) is 3.53. The van der Waals surface area contributed by atoms with Crippen molar-refractivity contribution in [3.63, 3.8) is 0 Å². The first kappa shape index (κ1) is 11.9. The number of nitrogens with zero attached hydrogens (tertiary/aromatic N) is 3. The average molecular weight is 251 g/mol. The van der Waals surface area contributed by atoms with Crippen LogP contribution in [0.25, 0.3) is 5.65 Å². The van der Waals surface area contributed by atoms with Gasteiger partial charge >= 0.3 is 5.97 Å². The molecule has 0 amide bonds. The summed E-state index contributed by atoms with van der Waals surface area (Å²) in [4.78, 5) is 20.1. The van der Waals surface area contributed by atoms with E-state index in [-0.39, 0.29) is 5.69 Å². The Hall–Kier alpha value is -1.56. The number of fused-ring (bicyclic) bond motifs is 1. The van der Waals surface area contributed by atoms with Crippen LogP contribution in [0.2, 0.25) is 0 Å². The highest BCUT2D eigenvalue weighted by Gasteiger charge is 2.17. The quantitative estimate of drug-likeness (QED) is 0.474. The Morgan fingerprint density at radius 1 is 1.59 bits per heavy atom. The number of carbonyl (C=O) groups is 1. The Morgan fingerprint density at radius 3 is 3.00 bits per heavy atom. The summed E-state index contributed by atoms with van der Waals surface area (Å²) in [5.41, 5.74) is 1.81. The molecular weight excluding hydrogens is 238 g/mol. The summed E-state index contributed by atoms with van der Waals surface area (Å²) >= 11 is 1.53. The lowest BCUT2D eigenvalue weighted by atomic mass is 10.4. The van der Waals surface area contributed by atoms with Gasteiger partial charge in [0, 0.05) is 5.69 Å². The number of hydrogen-bond acceptors (Lipinski definition) is 5. The highest BCUT2D eigenvalue weighted by atomic mass is 32.2. The van der Waals surface area contributed by atoms with Crippen LogP contribution in [0.15, 0.2) is 17.4 Å². The molecule has 0 N–H and O–H groups in total. The Kier molecular flexibility index (Phi) is 3.33. The molecule has 2 aromatic rings. The molecule has 0 saturated heterocycles. The molecule has 90 valence electrons. The molecule has 2 heterocycles. The minimum atomic E-state index is -0.430. The molecule has 0 atom stereocenters. The molecule has 0 spiro atoms. The van der Waals surface area contributed by atoms with E-state index in [0.29, 0.717) is 12.3 Å². The Bertz CT molecular complexity index is 565. The van der Waals surface area contributed by atoms with E-state index in [1.165, 1.54) is 11.8 Å². The van der Waals surface area contributed by atoms with Gasteiger partial charge in [-0.1, -0.05) is 0 Å². The SMILES string of the molecule is CCOC(=O)c1ncn2c(C)cc(SC)nc12. The standard InChI is InChI=1S/C11H13N3O2S/c1-4-16-11(15)9-10-13-8(17-3)5-7(2)14(10)6-12-9/h5-6H,4H2,1-3H3. The van der Waals surface area contributed by atoms with E-state index in [0.717, 1.165) is 10.7 Å². The lowest BCUT2D eigenvalue weighted by molar-refractivity contribution is 0.0522. The first-order valence-corrected chi connectivity index (χ1v) is 6.45. The molecule has 17 heavy (non-hydrogen) atoms. The zero-order valence-electron chi connectivity index (χ0n) is 9.93. The van der Waals surface area contributed by atoms with Gasteiger partial charge in [-0.25, -0.2) is 14.8 Å². The zero-order chi connectivity index (χ0) is 12.4. The number of esters is 1. The second-order valence-electron chi connectivity index (χ2n) is 3.45. The number of aryl methyl sites for hydroxylation is 1. The molecule has 0 aliphatic rings. The molecule has 0 saturated carbocycles. The summed E-state index contributed by atoms with van der Waals surface area (Å²) in [7, 11) is 0. The molecule has 0 radical (unpaired) electrons. The van der Waals surface area contributed by atoms with Crippen molar-refractivity contribution >= 4 is 23.4 Å². The molecule has 6 heteroatoms. The number of aromatic nitrogens is 3. The fourth-order valence-electron chi connectivity index (χ4n) is 1.54. The van der Waals surface area contributed by atoms with E-state index in [2.05, 4.69) is 9.97 Å². The molecule has 0 aliphatic heterocycles. The lowest BCUT2D eigenvalue weighted by Crippen LogP contribution is -2.07. The van der Waals surface area contributed by atoms with Crippen LogP contribution in [0.4, 0.5) is 0 Å². The van der Waals surface area contributed by atoms with Crippen LogP contribution in [0.1, 0.15) is 23.1 Å². The second-order valence-corrected chi connectivity index (χ2v) is 4.27. The van der Waals surface area contributed by atoms with E-state index in [1.54, 1.807) is 17.7 Å². The smallest absolute Gasteiger partial charge is 0.360 e. The lowest BCUT2D eigenvalue weighted by Gasteiger charge is -2.03. The van der Waals surface area contributed by atoms with Crippen molar-refractivity contribution in [2.24, 2.45) is 0 Å². The fourth-order valence-corrected chi connectivity index (χ4v) is 2.01. The largest absolute Gasteiger partial charge is 0.461 e. The molecule has 2 rings (SSSR count). The third kappa shape index (κ3) is 2.12. The van der Waals surface area contributed by atoms with Gasteiger partial charge in [0.2, 0.25) is 0 Å². The summed E-state index contributed by atoms with van der Waals surface area (Å²) in [5, 5.41) is 0.862. The number of hydrogen-bond donors (Lipinski definition) is 0. The second kappa shape index (κ2) is 4.75. The van der Waals surface area contributed by atoms with E-state index in [9.17, 15) is 4.79 Å². The van der Waals surface area contributed by atoms with E-state index in [1.807, 2.05) is 19.2 Å². The van der Waals surface area contributed by atoms with Gasteiger partial charge in [-0.05, 0) is 26.2 Å². The highest BCUT2D eigenvalue weighted by molar-refractivity contribution is 7.98. The predicted molar refractivity (Wildman–Crippen MR) is 65.5 cm³/mol. The maximum atomic E-state index is 11.7. The van der Waals surface area contributed by atoms with Crippen LogP contribution in [0.3, 0.4) is 0 Å². The molecule has 0 aliphatic carbocycles. The molecule has 0 unspecified atom stereocenters. The van der Waals surface area contributed by atoms with E-state index in [4.69, 9.17) is 4.74 Å². The average Bonchev–Trinajstić information content (AvgIpc) is 2.73. The van der Waals surface area contributed by atoms with Gasteiger partial charge in [-0.3, -0.25) is 4.40 Å². The number of thioether (sulfide) groups is 1. The minimum Gasteiger partial charge on any atom is -0.461 e. The molecule has 5 nitrogen and oxygen atoms in total. The predicted octanol–water partition coefficient (Wildman–Crippen LogP) is 1.94. The first-order chi connectivity index (χ1) is 8.17. The van der Waals surface area contributed by atoms with E-state index >= 15 is 0 Å². The monoisotopic (exact) mass is 251 g/mol. The number of ether oxygens (including phenoxy) is 1. The Morgan fingerprint density at radius 2 is 2.35 bits per heavy atom. The fraction of sp³-hybridized carbons (Fsp3) is 0.364. The molecular formula is C11H13N3O2S. The normalized spacial score (nSPS) is 10.8. The maximum Gasteiger partial charge on any atom is 0.360 e. The van der Waals surface area contributed by atoms with Crippen LogP contribution in [0, 0.1) is 6.92 Å². The number of imidazole rings is 1. The molecule has 0 fully saturated rings. The van der Waals surface area contributed by atoms with Crippen LogP contribution in [-0.4, -0.2) is 33.2 Å². The third-order valence-corrected chi connectivity index (χ3v) is 2.98. The van der Waals surface area contributed by atoms with Gasteiger partial charge in [0.25, 0.3) is 0 Å². The summed E-state index contributed by atoms with van der Waals surface area (Å²) in [6, 6.07) is 1.95. The zero-order valence-corrected chi connectivity index (χ0v) is 10.7. The van der Waals surface area contributed by atoms with Crippen molar-refractivity contribution in [2.75, 3.05) is 12.9 Å². The Labute approximate surface area is 103 Å². The summed E-state index contributed by atoms with van der Waals surface area (Å²) < 4.78 is 6.73. The van der Waals surface area contributed by atoms with Gasteiger partial charge < -0.3 is 4.74 Å². The third-order valence-electron chi connectivity index (χ3n) is 2.35. The molecule has 2 aromatic heterocycles. The number of carbonyl (C=O) groups excluding carboxylic acids is 1. The first-order valence-electron chi connectivity index (χ1n) is 5.23. The minimum absolute atomic E-state index is 0.269. The van der Waals surface area contributed by atoms with Crippen molar-refractivity contribution in [2.45, 2.75) is 18.9 Å². The molecule has 0 bridgehead atoms.